The summed E-state index contributed by atoms with van der Waals surface area (Å²) >= 11 is 0. The summed E-state index contributed by atoms with van der Waals surface area (Å²) in [5.74, 6) is 0.892. The monoisotopic (exact) mass is 254 g/mol. The summed E-state index contributed by atoms with van der Waals surface area (Å²) in [5, 5.41) is 3.33. The molecule has 104 valence electrons. The van der Waals surface area contributed by atoms with Crippen molar-refractivity contribution in [3.8, 4) is 0 Å². The van der Waals surface area contributed by atoms with Crippen molar-refractivity contribution in [2.45, 2.75) is 51.7 Å². The number of hydrogen-bond donors (Lipinski definition) is 1. The first-order valence-electron chi connectivity index (χ1n) is 7.36. The van der Waals surface area contributed by atoms with Gasteiger partial charge >= 0.3 is 0 Å². The highest BCUT2D eigenvalue weighted by Crippen LogP contribution is 2.33. The van der Waals surface area contributed by atoms with Gasteiger partial charge in [0.2, 0.25) is 5.91 Å². The minimum atomic E-state index is 0.339. The van der Waals surface area contributed by atoms with Gasteiger partial charge in [-0.1, -0.05) is 0 Å². The number of rotatable bonds is 6. The molecule has 1 N–H and O–H groups in total. The minimum Gasteiger partial charge on any atom is -0.378 e. The number of nitrogens with zero attached hydrogens (tertiary/aromatic N) is 1. The highest BCUT2D eigenvalue weighted by Gasteiger charge is 2.33. The predicted molar refractivity (Wildman–Crippen MR) is 71.4 cm³/mol. The summed E-state index contributed by atoms with van der Waals surface area (Å²) < 4.78 is 5.54. The number of ether oxygens (including phenoxy) is 1. The Morgan fingerprint density at radius 2 is 2.17 bits per heavy atom. The lowest BCUT2D eigenvalue weighted by atomic mass is 9.79. The second-order valence-corrected chi connectivity index (χ2v) is 5.45. The first-order valence-corrected chi connectivity index (χ1v) is 7.36. The zero-order chi connectivity index (χ0) is 13.0. The molecule has 1 heterocycles. The fraction of sp³-hybridized carbons (Fsp3) is 0.929. The van der Waals surface area contributed by atoms with Gasteiger partial charge in [0.25, 0.3) is 0 Å². The third-order valence-electron chi connectivity index (χ3n) is 4.19. The number of amides is 1. The topological polar surface area (TPSA) is 41.6 Å². The quantitative estimate of drug-likeness (QED) is 0.779. The van der Waals surface area contributed by atoms with Crippen LogP contribution >= 0.6 is 0 Å². The molecular weight excluding hydrogens is 228 g/mol. The van der Waals surface area contributed by atoms with Gasteiger partial charge in [-0.2, -0.15) is 0 Å². The molecular formula is C14H26N2O2. The molecule has 2 fully saturated rings. The fourth-order valence-electron chi connectivity index (χ4n) is 3.12. The van der Waals surface area contributed by atoms with E-state index in [1.807, 2.05) is 6.92 Å². The summed E-state index contributed by atoms with van der Waals surface area (Å²) in [6, 6.07) is 0.422. The maximum absolute atomic E-state index is 12.3. The van der Waals surface area contributed by atoms with Crippen LogP contribution < -0.4 is 5.32 Å². The maximum Gasteiger partial charge on any atom is 0.223 e. The van der Waals surface area contributed by atoms with Crippen molar-refractivity contribution >= 4 is 5.91 Å². The van der Waals surface area contributed by atoms with Crippen molar-refractivity contribution in [1.82, 2.24) is 10.2 Å². The van der Waals surface area contributed by atoms with Gasteiger partial charge in [0.1, 0.15) is 0 Å². The van der Waals surface area contributed by atoms with E-state index in [4.69, 9.17) is 4.74 Å². The molecule has 0 aromatic heterocycles. The van der Waals surface area contributed by atoms with E-state index in [0.717, 1.165) is 45.5 Å². The van der Waals surface area contributed by atoms with Crippen molar-refractivity contribution < 1.29 is 9.53 Å². The van der Waals surface area contributed by atoms with Crippen molar-refractivity contribution in [2.24, 2.45) is 5.92 Å². The lowest BCUT2D eigenvalue weighted by molar-refractivity contribution is -0.136. The Bertz CT molecular complexity index is 271. The van der Waals surface area contributed by atoms with Gasteiger partial charge in [-0.15, -0.1) is 0 Å². The van der Waals surface area contributed by atoms with E-state index in [2.05, 4.69) is 17.1 Å². The van der Waals surface area contributed by atoms with E-state index >= 15 is 0 Å². The summed E-state index contributed by atoms with van der Waals surface area (Å²) in [6.45, 7) is 7.76. The zero-order valence-corrected chi connectivity index (χ0v) is 11.7. The standard InChI is InChI=1S/C14H26N2O2/c1-3-16(12-5-6-15-10-12)14(17)9-11-7-13(8-11)18-4-2/h11-13,15H,3-10H2,1-2H3. The van der Waals surface area contributed by atoms with Crippen LogP contribution in [-0.2, 0) is 9.53 Å². The Morgan fingerprint density at radius 1 is 1.39 bits per heavy atom. The summed E-state index contributed by atoms with van der Waals surface area (Å²) in [7, 11) is 0. The number of carbonyl (C=O) groups is 1. The molecule has 1 saturated heterocycles. The number of hydrogen-bond acceptors (Lipinski definition) is 3. The van der Waals surface area contributed by atoms with Gasteiger partial charge in [-0.3, -0.25) is 4.79 Å². The second-order valence-electron chi connectivity index (χ2n) is 5.45. The first kappa shape index (κ1) is 13.8. The van der Waals surface area contributed by atoms with Gasteiger partial charge < -0.3 is 15.0 Å². The summed E-state index contributed by atoms with van der Waals surface area (Å²) in [5.41, 5.74) is 0. The van der Waals surface area contributed by atoms with Gasteiger partial charge in [-0.05, 0) is 45.6 Å². The zero-order valence-electron chi connectivity index (χ0n) is 11.7. The minimum absolute atomic E-state index is 0.339. The van der Waals surface area contributed by atoms with Crippen LogP contribution in [0.2, 0.25) is 0 Å². The van der Waals surface area contributed by atoms with E-state index < -0.39 is 0 Å². The molecule has 0 aromatic carbocycles. The lowest BCUT2D eigenvalue weighted by Crippen LogP contribution is -2.43. The molecule has 4 heteroatoms. The molecule has 1 saturated carbocycles. The van der Waals surface area contributed by atoms with E-state index in [0.29, 0.717) is 30.4 Å². The van der Waals surface area contributed by atoms with Crippen LogP contribution in [0.3, 0.4) is 0 Å². The normalized spacial score (nSPS) is 31.1. The molecule has 0 spiro atoms. The van der Waals surface area contributed by atoms with E-state index in [1.54, 1.807) is 0 Å². The summed E-state index contributed by atoms with van der Waals surface area (Å²) in [4.78, 5) is 14.3. The third-order valence-corrected chi connectivity index (χ3v) is 4.19. The number of carbonyl (C=O) groups excluding carboxylic acids is 1. The molecule has 1 aliphatic carbocycles. The van der Waals surface area contributed by atoms with Crippen LogP contribution in [0.4, 0.5) is 0 Å². The maximum atomic E-state index is 12.3. The number of nitrogens with one attached hydrogen (secondary N) is 1. The highest BCUT2D eigenvalue weighted by molar-refractivity contribution is 5.77. The average molecular weight is 254 g/mol. The van der Waals surface area contributed by atoms with Crippen LogP contribution in [0.1, 0.15) is 39.5 Å². The van der Waals surface area contributed by atoms with Crippen LogP contribution in [0, 0.1) is 5.92 Å². The first-order chi connectivity index (χ1) is 8.74. The summed E-state index contributed by atoms with van der Waals surface area (Å²) in [6.07, 6.45) is 4.37. The van der Waals surface area contributed by atoms with Gasteiger partial charge in [0.15, 0.2) is 0 Å². The van der Waals surface area contributed by atoms with E-state index in [1.165, 1.54) is 0 Å². The van der Waals surface area contributed by atoms with Crippen LogP contribution in [0.15, 0.2) is 0 Å². The van der Waals surface area contributed by atoms with E-state index in [-0.39, 0.29) is 0 Å². The van der Waals surface area contributed by atoms with E-state index in [9.17, 15) is 4.79 Å². The number of likely N-dealkylation sites (N-methyl/N-ethyl adjacent to an activating group) is 1. The Hall–Kier alpha value is -0.610. The Labute approximate surface area is 110 Å². The third kappa shape index (κ3) is 3.23. The molecule has 2 rings (SSSR count). The Morgan fingerprint density at radius 3 is 2.72 bits per heavy atom. The highest BCUT2D eigenvalue weighted by atomic mass is 16.5. The molecule has 1 unspecified atom stereocenters. The van der Waals surface area contributed by atoms with Gasteiger partial charge in [-0.25, -0.2) is 0 Å². The Kier molecular flexibility index (Phi) is 5.01. The average Bonchev–Trinajstić information content (AvgIpc) is 2.81. The molecule has 0 radical (unpaired) electrons. The lowest BCUT2D eigenvalue weighted by Gasteiger charge is -2.36. The van der Waals surface area contributed by atoms with Crippen molar-refractivity contribution in [1.29, 1.82) is 0 Å². The van der Waals surface area contributed by atoms with Crippen LogP contribution in [0.25, 0.3) is 0 Å². The predicted octanol–water partition coefficient (Wildman–Crippen LogP) is 1.40. The molecule has 0 bridgehead atoms. The van der Waals surface area contributed by atoms with Crippen molar-refractivity contribution in [2.75, 3.05) is 26.2 Å². The fourth-order valence-corrected chi connectivity index (χ4v) is 3.12. The molecule has 2 aliphatic rings. The SMILES string of the molecule is CCOC1CC(CC(=O)N(CC)C2CCNC2)C1. The largest absolute Gasteiger partial charge is 0.378 e. The van der Waals surface area contributed by atoms with Gasteiger partial charge in [0.05, 0.1) is 6.10 Å². The molecule has 1 atom stereocenters. The van der Waals surface area contributed by atoms with Crippen LogP contribution in [0.5, 0.6) is 0 Å². The van der Waals surface area contributed by atoms with Gasteiger partial charge in [0, 0.05) is 32.2 Å². The molecule has 1 amide bonds. The van der Waals surface area contributed by atoms with Crippen LogP contribution in [-0.4, -0.2) is 49.2 Å². The molecule has 0 aromatic rings. The van der Waals surface area contributed by atoms with Crippen molar-refractivity contribution in [3.63, 3.8) is 0 Å². The Balaban J connectivity index is 1.73. The second kappa shape index (κ2) is 6.53. The molecule has 1 aliphatic heterocycles. The van der Waals surface area contributed by atoms with Crippen molar-refractivity contribution in [3.05, 3.63) is 0 Å². The smallest absolute Gasteiger partial charge is 0.223 e. The molecule has 18 heavy (non-hydrogen) atoms. The molecule has 4 nitrogen and oxygen atoms in total.